The van der Waals surface area contributed by atoms with Crippen molar-refractivity contribution in [1.82, 2.24) is 25.5 Å². The minimum atomic E-state index is -0.656. The summed E-state index contributed by atoms with van der Waals surface area (Å²) in [4.78, 5) is 36.4. The van der Waals surface area contributed by atoms with Gasteiger partial charge in [0.15, 0.2) is 0 Å². The monoisotopic (exact) mass is 645 g/mol. The molecule has 1 aliphatic carbocycles. The number of amides is 2. The van der Waals surface area contributed by atoms with Gasteiger partial charge in [-0.25, -0.2) is 14.4 Å². The smallest absolute Gasteiger partial charge is 0.270 e. The number of ether oxygens (including phenoxy) is 2. The van der Waals surface area contributed by atoms with Gasteiger partial charge in [0.25, 0.3) is 11.8 Å². The number of thiazole rings is 1. The number of pyridine rings is 1. The highest BCUT2D eigenvalue weighted by Gasteiger charge is 2.26. The Balaban J connectivity index is 1.08. The molecule has 0 atom stereocenters. The van der Waals surface area contributed by atoms with Crippen LogP contribution in [0.15, 0.2) is 60.1 Å². The summed E-state index contributed by atoms with van der Waals surface area (Å²) in [5.41, 5.74) is 2.76. The van der Waals surface area contributed by atoms with Crippen LogP contribution in [0.1, 0.15) is 57.1 Å². The third-order valence-corrected chi connectivity index (χ3v) is 9.02. The summed E-state index contributed by atoms with van der Waals surface area (Å²) in [6, 6.07) is 13.7. The molecule has 1 saturated heterocycles. The van der Waals surface area contributed by atoms with Crippen molar-refractivity contribution in [3.05, 3.63) is 87.8 Å². The molecule has 240 valence electrons. The molecular formula is C34H36FN5O5S. The van der Waals surface area contributed by atoms with Gasteiger partial charge in [-0.2, -0.15) is 0 Å². The molecule has 46 heavy (non-hydrogen) atoms. The van der Waals surface area contributed by atoms with E-state index < -0.39 is 11.7 Å². The van der Waals surface area contributed by atoms with Crippen molar-refractivity contribution in [3.63, 3.8) is 0 Å². The molecule has 6 rings (SSSR count). The van der Waals surface area contributed by atoms with Crippen molar-refractivity contribution in [2.24, 2.45) is 0 Å². The number of phenolic OH excluding ortho intramolecular Hbond substituents is 1. The fraction of sp³-hybridized carbons (Fsp3) is 0.353. The molecule has 2 amide bonds. The van der Waals surface area contributed by atoms with E-state index in [-0.39, 0.29) is 35.2 Å². The molecule has 10 nitrogen and oxygen atoms in total. The van der Waals surface area contributed by atoms with Gasteiger partial charge in [-0.15, -0.1) is 11.3 Å². The normalized spacial score (nSPS) is 18.6. The fourth-order valence-corrected chi connectivity index (χ4v) is 6.41. The first-order valence-corrected chi connectivity index (χ1v) is 16.3. The van der Waals surface area contributed by atoms with Crippen LogP contribution < -0.4 is 15.4 Å². The van der Waals surface area contributed by atoms with Crippen molar-refractivity contribution >= 4 is 23.2 Å². The zero-order valence-electron chi connectivity index (χ0n) is 25.5. The fourth-order valence-electron chi connectivity index (χ4n) is 5.82. The largest absolute Gasteiger partial charge is 0.507 e. The summed E-state index contributed by atoms with van der Waals surface area (Å²) >= 11 is 1.43. The number of aromatic hydroxyl groups is 1. The maximum Gasteiger partial charge on any atom is 0.270 e. The molecule has 2 aliphatic rings. The lowest BCUT2D eigenvalue weighted by Gasteiger charge is -2.29. The first-order chi connectivity index (χ1) is 22.3. The summed E-state index contributed by atoms with van der Waals surface area (Å²) in [6.07, 6.45) is 3.70. The van der Waals surface area contributed by atoms with Crippen LogP contribution in [0.2, 0.25) is 0 Å². The predicted molar refractivity (Wildman–Crippen MR) is 172 cm³/mol. The summed E-state index contributed by atoms with van der Waals surface area (Å²) in [5, 5.41) is 19.4. The van der Waals surface area contributed by atoms with Crippen LogP contribution in [0.5, 0.6) is 17.4 Å². The van der Waals surface area contributed by atoms with Gasteiger partial charge in [-0.1, -0.05) is 24.3 Å². The summed E-state index contributed by atoms with van der Waals surface area (Å²) in [7, 11) is 0. The number of hydrogen-bond acceptors (Lipinski definition) is 9. The third-order valence-electron chi connectivity index (χ3n) is 8.24. The highest BCUT2D eigenvalue weighted by atomic mass is 32.1. The minimum absolute atomic E-state index is 0.00919. The number of benzene rings is 2. The van der Waals surface area contributed by atoms with Crippen LogP contribution >= 0.6 is 11.3 Å². The number of nitrogens with one attached hydrogen (secondary N) is 2. The second kappa shape index (κ2) is 14.4. The highest BCUT2D eigenvalue weighted by molar-refractivity contribution is 7.09. The lowest BCUT2D eigenvalue weighted by atomic mass is 9.91. The van der Waals surface area contributed by atoms with Crippen molar-refractivity contribution < 1.29 is 28.6 Å². The molecule has 0 spiro atoms. The van der Waals surface area contributed by atoms with E-state index in [9.17, 15) is 19.1 Å². The van der Waals surface area contributed by atoms with Crippen LogP contribution in [0.3, 0.4) is 0 Å². The molecule has 1 saturated carbocycles. The number of halogens is 1. The van der Waals surface area contributed by atoms with Gasteiger partial charge in [0.1, 0.15) is 28.6 Å². The van der Waals surface area contributed by atoms with E-state index in [2.05, 4.69) is 25.5 Å². The average Bonchev–Trinajstić information content (AvgIpc) is 3.50. The first-order valence-electron chi connectivity index (χ1n) is 15.4. The number of phenols is 1. The Labute approximate surface area is 270 Å². The Bertz CT molecular complexity index is 1700. The van der Waals surface area contributed by atoms with Gasteiger partial charge in [0.2, 0.25) is 5.88 Å². The van der Waals surface area contributed by atoms with Crippen LogP contribution in [-0.2, 0) is 11.3 Å². The molecule has 0 radical (unpaired) electrons. The number of morpholine rings is 1. The number of aromatic nitrogens is 2. The van der Waals surface area contributed by atoms with E-state index in [4.69, 9.17) is 9.47 Å². The van der Waals surface area contributed by atoms with Gasteiger partial charge in [0, 0.05) is 42.7 Å². The van der Waals surface area contributed by atoms with Crippen molar-refractivity contribution in [2.75, 3.05) is 26.3 Å². The second-order valence-corrected chi connectivity index (χ2v) is 12.7. The van der Waals surface area contributed by atoms with E-state index >= 15 is 0 Å². The van der Waals surface area contributed by atoms with Gasteiger partial charge in [-0.3, -0.25) is 14.5 Å². The number of carbonyl (C=O) groups is 2. The van der Waals surface area contributed by atoms with Crippen LogP contribution in [0, 0.1) is 12.7 Å². The molecule has 3 heterocycles. The second-order valence-electron chi connectivity index (χ2n) is 11.6. The molecule has 0 unspecified atom stereocenters. The topological polar surface area (TPSA) is 126 Å². The van der Waals surface area contributed by atoms with E-state index in [1.165, 1.54) is 11.3 Å². The lowest BCUT2D eigenvalue weighted by Crippen LogP contribution is -2.44. The predicted octanol–water partition coefficient (Wildman–Crippen LogP) is 5.45. The van der Waals surface area contributed by atoms with Crippen molar-refractivity contribution in [3.8, 4) is 28.5 Å². The van der Waals surface area contributed by atoms with Crippen LogP contribution in [-0.4, -0.2) is 70.2 Å². The molecule has 4 aromatic rings. The number of aryl methyl sites for hydroxylation is 1. The number of nitrogens with zero attached hydrogens (tertiary/aromatic N) is 3. The molecule has 3 N–H and O–H groups in total. The molecule has 1 aliphatic heterocycles. The Morgan fingerprint density at radius 2 is 1.78 bits per heavy atom. The third kappa shape index (κ3) is 7.87. The van der Waals surface area contributed by atoms with Crippen molar-refractivity contribution in [2.45, 2.75) is 51.2 Å². The number of carbonyl (C=O) groups excluding carboxylic acids is 2. The number of rotatable bonds is 9. The van der Waals surface area contributed by atoms with E-state index in [0.717, 1.165) is 48.0 Å². The maximum atomic E-state index is 14.3. The first kappa shape index (κ1) is 31.6. The van der Waals surface area contributed by atoms with Gasteiger partial charge in [-0.05, 0) is 68.0 Å². The zero-order chi connectivity index (χ0) is 32.0. The molecule has 2 aromatic carbocycles. The van der Waals surface area contributed by atoms with Gasteiger partial charge < -0.3 is 25.2 Å². The van der Waals surface area contributed by atoms with Crippen LogP contribution in [0.4, 0.5) is 4.39 Å². The maximum absolute atomic E-state index is 14.3. The standard InChI is InChI=1S/C34H36FN5O5S/c1-21-37-30(20-46-21)33(43)39-26-8-6-25(7-9-26)38-32(42)29-17-24(35)18-36-34(29)45-27-4-2-3-23(16-27)28-10-5-22(15-31(28)41)19-40-11-13-44-14-12-40/h2-5,10,15-18,20,25-26,41H,6-9,11-14,19H2,1H3,(H,38,42)(H,39,43)/t25-,26-. The Hall–Kier alpha value is -4.39. The van der Waals surface area contributed by atoms with E-state index in [1.807, 2.05) is 25.1 Å². The summed E-state index contributed by atoms with van der Waals surface area (Å²) in [6.45, 7) is 5.71. The Morgan fingerprint density at radius 3 is 2.48 bits per heavy atom. The number of hydrogen-bond donors (Lipinski definition) is 3. The quantitative estimate of drug-likeness (QED) is 0.219. The Morgan fingerprint density at radius 1 is 1.04 bits per heavy atom. The lowest BCUT2D eigenvalue weighted by molar-refractivity contribution is 0.0342. The highest BCUT2D eigenvalue weighted by Crippen LogP contribution is 2.34. The van der Waals surface area contributed by atoms with Gasteiger partial charge >= 0.3 is 0 Å². The van der Waals surface area contributed by atoms with E-state index in [0.29, 0.717) is 55.9 Å². The molecule has 12 heteroatoms. The molecular weight excluding hydrogens is 609 g/mol. The minimum Gasteiger partial charge on any atom is -0.507 e. The summed E-state index contributed by atoms with van der Waals surface area (Å²) < 4.78 is 25.7. The van der Waals surface area contributed by atoms with Gasteiger partial charge in [0.05, 0.1) is 24.4 Å². The van der Waals surface area contributed by atoms with Crippen LogP contribution in [0.25, 0.3) is 11.1 Å². The Kier molecular flexibility index (Phi) is 9.86. The average molecular weight is 646 g/mol. The molecule has 0 bridgehead atoms. The van der Waals surface area contributed by atoms with E-state index in [1.54, 1.807) is 29.6 Å². The molecule has 2 fully saturated rings. The van der Waals surface area contributed by atoms with Crippen molar-refractivity contribution in [1.29, 1.82) is 0 Å². The summed E-state index contributed by atoms with van der Waals surface area (Å²) in [5.74, 6) is -0.830. The SMILES string of the molecule is Cc1nc(C(=O)N[C@H]2CC[C@H](NC(=O)c3cc(F)cnc3Oc3cccc(-c4ccc(CN5CCOCC5)cc4O)c3)CC2)cs1. The molecule has 2 aromatic heterocycles. The zero-order valence-corrected chi connectivity index (χ0v) is 26.3.